The van der Waals surface area contributed by atoms with E-state index in [1.54, 1.807) is 6.92 Å². The van der Waals surface area contributed by atoms with Crippen molar-refractivity contribution in [2.24, 2.45) is 0 Å². The van der Waals surface area contributed by atoms with Crippen LogP contribution in [-0.4, -0.2) is 15.6 Å². The Balaban J connectivity index is 2.25. The van der Waals surface area contributed by atoms with Crippen LogP contribution in [0.3, 0.4) is 0 Å². The van der Waals surface area contributed by atoms with E-state index < -0.39 is 23.5 Å². The number of aliphatic carboxylic acids is 1. The van der Waals surface area contributed by atoms with Gasteiger partial charge in [-0.3, -0.25) is 4.79 Å². The van der Waals surface area contributed by atoms with Crippen LogP contribution in [0, 0.1) is 19.7 Å². The van der Waals surface area contributed by atoms with Gasteiger partial charge in [0.05, 0.1) is 11.1 Å². The van der Waals surface area contributed by atoms with Crippen LogP contribution in [0.1, 0.15) is 16.8 Å². The molecule has 1 heterocycles. The van der Waals surface area contributed by atoms with Gasteiger partial charge in [0.2, 0.25) is 0 Å². The monoisotopic (exact) mass is 397 g/mol. The minimum atomic E-state index is -4.53. The second-order valence-electron chi connectivity index (χ2n) is 6.06. The van der Waals surface area contributed by atoms with E-state index in [0.29, 0.717) is 21.5 Å². The topological polar surface area (TPSA) is 42.2 Å². The third-order valence-corrected chi connectivity index (χ3v) is 5.61. The van der Waals surface area contributed by atoms with Crippen molar-refractivity contribution in [1.29, 1.82) is 0 Å². The quantitative estimate of drug-likeness (QED) is 0.579. The molecule has 0 saturated heterocycles. The maximum atomic E-state index is 14.1. The molecule has 0 spiro atoms. The van der Waals surface area contributed by atoms with Crippen LogP contribution in [0.5, 0.6) is 0 Å². The van der Waals surface area contributed by atoms with Crippen molar-refractivity contribution >= 4 is 28.6 Å². The average molecular weight is 397 g/mol. The molecular formula is C19H15F4NO2S. The largest absolute Gasteiger partial charge is 0.480 e. The van der Waals surface area contributed by atoms with Gasteiger partial charge in [-0.05, 0) is 43.7 Å². The van der Waals surface area contributed by atoms with Crippen LogP contribution in [0.25, 0.3) is 10.9 Å². The van der Waals surface area contributed by atoms with Crippen LogP contribution in [0.4, 0.5) is 17.6 Å². The summed E-state index contributed by atoms with van der Waals surface area (Å²) >= 11 is 0.868. The van der Waals surface area contributed by atoms with Crippen LogP contribution in [0.15, 0.2) is 46.2 Å². The maximum Gasteiger partial charge on any atom is 0.417 e. The van der Waals surface area contributed by atoms with Crippen LogP contribution >= 0.6 is 11.8 Å². The Morgan fingerprint density at radius 1 is 1.15 bits per heavy atom. The predicted molar refractivity (Wildman–Crippen MR) is 94.6 cm³/mol. The summed E-state index contributed by atoms with van der Waals surface area (Å²) in [5.41, 5.74) is 0.429. The number of hydrogen-bond acceptors (Lipinski definition) is 2. The van der Waals surface area contributed by atoms with Gasteiger partial charge >= 0.3 is 12.1 Å². The molecule has 27 heavy (non-hydrogen) atoms. The van der Waals surface area contributed by atoms with Crippen molar-refractivity contribution in [3.05, 3.63) is 59.0 Å². The number of nitrogens with zero attached hydrogens (tertiary/aromatic N) is 1. The number of carboxylic acid groups (broad SMARTS) is 1. The number of aromatic nitrogens is 1. The van der Waals surface area contributed by atoms with Crippen LogP contribution in [-0.2, 0) is 17.5 Å². The molecule has 3 rings (SSSR count). The van der Waals surface area contributed by atoms with Crippen LogP contribution < -0.4 is 0 Å². The normalized spacial score (nSPS) is 11.9. The van der Waals surface area contributed by atoms with E-state index in [1.807, 2.05) is 0 Å². The summed E-state index contributed by atoms with van der Waals surface area (Å²) in [5, 5.41) is 9.60. The molecule has 0 aliphatic carbocycles. The molecule has 142 valence electrons. The molecule has 0 unspecified atom stereocenters. The highest BCUT2D eigenvalue weighted by molar-refractivity contribution is 7.99. The number of rotatable bonds is 4. The lowest BCUT2D eigenvalue weighted by Gasteiger charge is -2.12. The first-order chi connectivity index (χ1) is 12.6. The molecule has 3 nitrogen and oxygen atoms in total. The van der Waals surface area contributed by atoms with Crippen molar-refractivity contribution in [3.8, 4) is 0 Å². The molecule has 2 aromatic carbocycles. The number of fused-ring (bicyclic) bond motifs is 1. The summed E-state index contributed by atoms with van der Waals surface area (Å²) in [5.74, 6) is -1.59. The lowest BCUT2D eigenvalue weighted by atomic mass is 10.1. The van der Waals surface area contributed by atoms with Crippen molar-refractivity contribution in [2.75, 3.05) is 0 Å². The summed E-state index contributed by atoms with van der Waals surface area (Å²) in [4.78, 5) is 11.6. The van der Waals surface area contributed by atoms with Gasteiger partial charge in [-0.25, -0.2) is 4.39 Å². The van der Waals surface area contributed by atoms with Crippen molar-refractivity contribution in [3.63, 3.8) is 0 Å². The fourth-order valence-electron chi connectivity index (χ4n) is 3.03. The summed E-state index contributed by atoms with van der Waals surface area (Å²) in [6.07, 6.45) is -4.53. The first-order valence-corrected chi connectivity index (χ1v) is 8.76. The fourth-order valence-corrected chi connectivity index (χ4v) is 4.31. The molecule has 0 bridgehead atoms. The molecule has 0 atom stereocenters. The summed E-state index contributed by atoms with van der Waals surface area (Å²) in [6.45, 7) is 2.79. The van der Waals surface area contributed by atoms with Gasteiger partial charge in [-0.15, -0.1) is 0 Å². The molecule has 0 aliphatic rings. The van der Waals surface area contributed by atoms with E-state index in [4.69, 9.17) is 0 Å². The van der Waals surface area contributed by atoms with Crippen molar-refractivity contribution in [1.82, 2.24) is 4.57 Å². The number of carboxylic acids is 1. The third kappa shape index (κ3) is 3.53. The van der Waals surface area contributed by atoms with Gasteiger partial charge in [0, 0.05) is 20.9 Å². The zero-order valence-electron chi connectivity index (χ0n) is 14.4. The van der Waals surface area contributed by atoms with Gasteiger partial charge in [0.15, 0.2) is 0 Å². The summed E-state index contributed by atoms with van der Waals surface area (Å²) < 4.78 is 55.6. The smallest absolute Gasteiger partial charge is 0.417 e. The minimum Gasteiger partial charge on any atom is -0.480 e. The van der Waals surface area contributed by atoms with Crippen molar-refractivity contribution < 1.29 is 27.5 Å². The number of carbonyl (C=O) groups is 1. The SMILES string of the molecule is Cc1c(F)ccc2c1c(Sc1ccccc1C(F)(F)F)c(C)n2CC(=O)O. The Morgan fingerprint density at radius 3 is 2.44 bits per heavy atom. The second-order valence-corrected chi connectivity index (χ2v) is 7.11. The molecule has 0 radical (unpaired) electrons. The number of benzene rings is 2. The lowest BCUT2D eigenvalue weighted by molar-refractivity contribution is -0.140. The molecule has 1 N–H and O–H groups in total. The first-order valence-electron chi connectivity index (χ1n) is 7.95. The van der Waals surface area contributed by atoms with E-state index in [1.165, 1.54) is 41.8 Å². The van der Waals surface area contributed by atoms with E-state index >= 15 is 0 Å². The zero-order valence-corrected chi connectivity index (χ0v) is 15.2. The lowest BCUT2D eigenvalue weighted by Crippen LogP contribution is -2.10. The van der Waals surface area contributed by atoms with Gasteiger partial charge in [-0.2, -0.15) is 13.2 Å². The summed E-state index contributed by atoms with van der Waals surface area (Å²) in [6, 6.07) is 7.82. The highest BCUT2D eigenvalue weighted by Crippen LogP contribution is 2.44. The molecule has 0 saturated carbocycles. The Bertz CT molecular complexity index is 1040. The maximum absolute atomic E-state index is 14.1. The van der Waals surface area contributed by atoms with Gasteiger partial charge in [-0.1, -0.05) is 23.9 Å². The zero-order chi connectivity index (χ0) is 19.9. The molecule has 0 fully saturated rings. The first kappa shape index (κ1) is 19.3. The third-order valence-electron chi connectivity index (χ3n) is 4.33. The minimum absolute atomic E-state index is 0.0221. The predicted octanol–water partition coefficient (Wildman–Crippen LogP) is 5.65. The summed E-state index contributed by atoms with van der Waals surface area (Å²) in [7, 11) is 0. The highest BCUT2D eigenvalue weighted by Gasteiger charge is 2.34. The molecule has 0 aliphatic heterocycles. The number of alkyl halides is 3. The Hall–Kier alpha value is -2.48. The molecule has 1 aromatic heterocycles. The van der Waals surface area contributed by atoms with E-state index in [2.05, 4.69) is 0 Å². The number of hydrogen-bond donors (Lipinski definition) is 1. The molecular weight excluding hydrogens is 382 g/mol. The highest BCUT2D eigenvalue weighted by atomic mass is 32.2. The van der Waals surface area contributed by atoms with Gasteiger partial charge in [0.25, 0.3) is 0 Å². The standard InChI is InChI=1S/C19H15F4NO2S/c1-10-13(20)7-8-14-17(10)18(11(2)24(14)9-16(25)26)27-15-6-4-3-5-12(15)19(21,22)23/h3-8H,9H2,1-2H3,(H,25,26). The van der Waals surface area contributed by atoms with E-state index in [-0.39, 0.29) is 17.0 Å². The molecule has 8 heteroatoms. The van der Waals surface area contributed by atoms with E-state index in [0.717, 1.165) is 17.8 Å². The number of aryl methyl sites for hydroxylation is 1. The van der Waals surface area contributed by atoms with E-state index in [9.17, 15) is 27.5 Å². The van der Waals surface area contributed by atoms with Gasteiger partial charge in [0.1, 0.15) is 12.4 Å². The Kier molecular flexibility index (Phi) is 4.94. The van der Waals surface area contributed by atoms with Gasteiger partial charge < -0.3 is 9.67 Å². The number of halogens is 4. The Labute approximate surface area is 156 Å². The molecule has 0 amide bonds. The fraction of sp³-hybridized carbons (Fsp3) is 0.211. The van der Waals surface area contributed by atoms with Crippen molar-refractivity contribution in [2.45, 2.75) is 36.4 Å². The Morgan fingerprint density at radius 2 is 1.81 bits per heavy atom. The van der Waals surface area contributed by atoms with Crippen LogP contribution in [0.2, 0.25) is 0 Å². The average Bonchev–Trinajstić information content (AvgIpc) is 2.83. The molecule has 3 aromatic rings. The second kappa shape index (κ2) is 6.92.